The molecule has 0 aliphatic carbocycles. The first-order valence-corrected chi connectivity index (χ1v) is 8.02. The molecule has 0 aliphatic rings. The summed E-state index contributed by atoms with van der Waals surface area (Å²) < 4.78 is 27.3. The second kappa shape index (κ2) is 6.39. The number of aromatic carboxylic acids is 1. The largest absolute Gasteiger partial charge is 0.478 e. The van der Waals surface area contributed by atoms with Crippen LogP contribution in [-0.2, 0) is 10.0 Å². The van der Waals surface area contributed by atoms with Gasteiger partial charge in [0, 0.05) is 4.47 Å². The van der Waals surface area contributed by atoms with Gasteiger partial charge in [-0.1, -0.05) is 28.8 Å². The van der Waals surface area contributed by atoms with Crippen molar-refractivity contribution < 1.29 is 18.3 Å². The van der Waals surface area contributed by atoms with E-state index >= 15 is 0 Å². The molecule has 1 rings (SSSR count). The quantitative estimate of drug-likeness (QED) is 0.789. The molecule has 5 nitrogen and oxygen atoms in total. The van der Waals surface area contributed by atoms with E-state index in [1.165, 1.54) is 6.07 Å². The molecule has 0 saturated carbocycles. The number of hydrogen-bond donors (Lipinski definition) is 2. The summed E-state index contributed by atoms with van der Waals surface area (Å²) in [5, 5.41) is 9.00. The van der Waals surface area contributed by atoms with Gasteiger partial charge >= 0.3 is 5.97 Å². The second-order valence-corrected chi connectivity index (χ2v) is 6.67. The summed E-state index contributed by atoms with van der Waals surface area (Å²) >= 11 is 3.16. The van der Waals surface area contributed by atoms with Crippen molar-refractivity contribution in [2.45, 2.75) is 31.2 Å². The van der Waals surface area contributed by atoms with Gasteiger partial charge in [-0.25, -0.2) is 13.2 Å². The summed E-state index contributed by atoms with van der Waals surface area (Å²) in [6.45, 7) is 3.34. The molecule has 1 aromatic carbocycles. The average molecular weight is 360 g/mol. The molecule has 0 saturated heterocycles. The zero-order valence-corrected chi connectivity index (χ0v) is 13.4. The average Bonchev–Trinajstić information content (AvgIpc) is 2.38. The number of carboxylic acids is 1. The minimum Gasteiger partial charge on any atom is -0.478 e. The number of benzene rings is 1. The number of carbonyl (C=O) groups is 1. The Hall–Kier alpha value is -1.36. The molecule has 0 aliphatic heterocycles. The van der Waals surface area contributed by atoms with Crippen LogP contribution in [0, 0.1) is 19.3 Å². The highest BCUT2D eigenvalue weighted by Crippen LogP contribution is 2.26. The molecule has 1 aromatic rings. The van der Waals surface area contributed by atoms with E-state index in [2.05, 4.69) is 26.6 Å². The van der Waals surface area contributed by atoms with Gasteiger partial charge in [-0.3, -0.25) is 0 Å². The van der Waals surface area contributed by atoms with Crippen LogP contribution in [0.15, 0.2) is 21.5 Å². The molecule has 0 heterocycles. The molecular weight excluding hydrogens is 346 g/mol. The Morgan fingerprint density at radius 3 is 2.60 bits per heavy atom. The van der Waals surface area contributed by atoms with Crippen molar-refractivity contribution in [2.75, 3.05) is 0 Å². The fraction of sp³-hybridized carbons (Fsp3) is 0.308. The second-order valence-electron chi connectivity index (χ2n) is 4.14. The van der Waals surface area contributed by atoms with Gasteiger partial charge in [0.25, 0.3) is 0 Å². The summed E-state index contributed by atoms with van der Waals surface area (Å²) in [4.78, 5) is 10.9. The summed E-state index contributed by atoms with van der Waals surface area (Å²) in [5.74, 6) is 1.13. The number of carboxylic acid groups (broad SMARTS) is 1. The lowest BCUT2D eigenvalue weighted by atomic mass is 10.1. The predicted molar refractivity (Wildman–Crippen MR) is 79.1 cm³/mol. The smallest absolute Gasteiger partial charge is 0.335 e. The van der Waals surface area contributed by atoms with E-state index in [9.17, 15) is 13.2 Å². The van der Waals surface area contributed by atoms with Crippen molar-refractivity contribution in [2.24, 2.45) is 0 Å². The molecule has 108 valence electrons. The molecule has 1 atom stereocenters. The standard InChI is InChI=1S/C13H14BrNO4S/c1-4-10(5-2)15-20(18,19)12-7-9(13(16)17)6-11(14)8(12)3/h1,6-7,10,15H,5H2,2-3H3,(H,16,17). The SMILES string of the molecule is C#CC(CC)NS(=O)(=O)c1cc(C(=O)O)cc(Br)c1C. The van der Waals surface area contributed by atoms with Gasteiger partial charge in [-0.05, 0) is 31.0 Å². The molecule has 20 heavy (non-hydrogen) atoms. The maximum Gasteiger partial charge on any atom is 0.335 e. The molecular formula is C13H14BrNO4S. The normalized spacial score (nSPS) is 12.7. The molecule has 0 bridgehead atoms. The molecule has 0 aromatic heterocycles. The summed E-state index contributed by atoms with van der Waals surface area (Å²) in [5.41, 5.74) is 0.311. The Bertz CT molecular complexity index is 676. The molecule has 2 N–H and O–H groups in total. The highest BCUT2D eigenvalue weighted by atomic mass is 79.9. The molecule has 7 heteroatoms. The minimum atomic E-state index is -3.88. The van der Waals surface area contributed by atoms with Crippen LogP contribution < -0.4 is 4.72 Å². The fourth-order valence-electron chi connectivity index (χ4n) is 1.54. The molecule has 0 fully saturated rings. The first-order chi connectivity index (χ1) is 9.22. The number of terminal acetylenes is 1. The summed E-state index contributed by atoms with van der Waals surface area (Å²) in [6.07, 6.45) is 5.67. The van der Waals surface area contributed by atoms with Crippen molar-refractivity contribution >= 4 is 31.9 Å². The van der Waals surface area contributed by atoms with Crippen LogP contribution in [0.2, 0.25) is 0 Å². The third kappa shape index (κ3) is 3.60. The highest BCUT2D eigenvalue weighted by molar-refractivity contribution is 9.10. The fourth-order valence-corrected chi connectivity index (χ4v) is 3.67. The first-order valence-electron chi connectivity index (χ1n) is 5.74. The lowest BCUT2D eigenvalue weighted by Crippen LogP contribution is -2.33. The Morgan fingerprint density at radius 1 is 1.55 bits per heavy atom. The Kier molecular flexibility index (Phi) is 5.34. The minimum absolute atomic E-state index is 0.0991. The van der Waals surface area contributed by atoms with Gasteiger partial charge in [-0.2, -0.15) is 4.72 Å². The van der Waals surface area contributed by atoms with E-state index in [1.54, 1.807) is 13.8 Å². The van der Waals surface area contributed by atoms with Crippen LogP contribution in [0.4, 0.5) is 0 Å². The van der Waals surface area contributed by atoms with Crippen LogP contribution in [0.1, 0.15) is 29.3 Å². The zero-order chi connectivity index (χ0) is 15.5. The molecule has 0 radical (unpaired) electrons. The number of halogens is 1. The number of nitrogens with one attached hydrogen (secondary N) is 1. The third-order valence-electron chi connectivity index (χ3n) is 2.74. The van der Waals surface area contributed by atoms with Crippen LogP contribution in [-0.4, -0.2) is 25.5 Å². The number of sulfonamides is 1. The molecule has 0 spiro atoms. The van der Waals surface area contributed by atoms with Gasteiger partial charge in [0.2, 0.25) is 10.0 Å². The van der Waals surface area contributed by atoms with Gasteiger partial charge in [0.1, 0.15) is 0 Å². The van der Waals surface area contributed by atoms with Gasteiger partial charge in [0.15, 0.2) is 0 Å². The van der Waals surface area contributed by atoms with Crippen LogP contribution in [0.5, 0.6) is 0 Å². The summed E-state index contributed by atoms with van der Waals surface area (Å²) in [6, 6.07) is 1.84. The van der Waals surface area contributed by atoms with E-state index < -0.39 is 22.0 Å². The number of rotatable bonds is 5. The van der Waals surface area contributed by atoms with Crippen molar-refractivity contribution in [1.82, 2.24) is 4.72 Å². The van der Waals surface area contributed by atoms with Crippen molar-refractivity contribution in [3.05, 3.63) is 27.7 Å². The third-order valence-corrected chi connectivity index (χ3v) is 5.16. The van der Waals surface area contributed by atoms with Crippen LogP contribution in [0.25, 0.3) is 0 Å². The highest BCUT2D eigenvalue weighted by Gasteiger charge is 2.23. The monoisotopic (exact) mass is 359 g/mol. The van der Waals surface area contributed by atoms with Gasteiger partial charge < -0.3 is 5.11 Å². The van der Waals surface area contributed by atoms with Crippen molar-refractivity contribution in [1.29, 1.82) is 0 Å². The van der Waals surface area contributed by atoms with Gasteiger partial charge in [-0.15, -0.1) is 6.42 Å². The Morgan fingerprint density at radius 2 is 2.15 bits per heavy atom. The maximum atomic E-state index is 12.3. The lowest BCUT2D eigenvalue weighted by Gasteiger charge is -2.14. The van der Waals surface area contributed by atoms with Crippen molar-refractivity contribution in [3.63, 3.8) is 0 Å². The van der Waals surface area contributed by atoms with E-state index in [0.29, 0.717) is 16.5 Å². The summed E-state index contributed by atoms with van der Waals surface area (Å²) in [7, 11) is -3.88. The Labute approximate surface area is 126 Å². The lowest BCUT2D eigenvalue weighted by molar-refractivity contribution is 0.0696. The van der Waals surface area contributed by atoms with E-state index in [-0.39, 0.29) is 10.5 Å². The predicted octanol–water partition coefficient (Wildman–Crippen LogP) is 2.15. The van der Waals surface area contributed by atoms with E-state index in [4.69, 9.17) is 11.5 Å². The Balaban J connectivity index is 3.38. The zero-order valence-electron chi connectivity index (χ0n) is 11.0. The topological polar surface area (TPSA) is 83.5 Å². The van der Waals surface area contributed by atoms with E-state index in [0.717, 1.165) is 6.07 Å². The molecule has 1 unspecified atom stereocenters. The number of hydrogen-bond acceptors (Lipinski definition) is 3. The molecule has 0 amide bonds. The van der Waals surface area contributed by atoms with Crippen LogP contribution in [0.3, 0.4) is 0 Å². The van der Waals surface area contributed by atoms with Crippen LogP contribution >= 0.6 is 15.9 Å². The first kappa shape index (κ1) is 16.7. The maximum absolute atomic E-state index is 12.3. The van der Waals surface area contributed by atoms with E-state index in [1.807, 2.05) is 0 Å². The van der Waals surface area contributed by atoms with Crippen molar-refractivity contribution in [3.8, 4) is 12.3 Å². The van der Waals surface area contributed by atoms with Gasteiger partial charge in [0.05, 0.1) is 16.5 Å².